The summed E-state index contributed by atoms with van der Waals surface area (Å²) in [4.78, 5) is 26.8. The molecule has 5 nitrogen and oxygen atoms in total. The molecule has 2 aliphatic heterocycles. The fraction of sp³-hybridized carbons (Fsp3) is 0.333. The van der Waals surface area contributed by atoms with Gasteiger partial charge in [0.05, 0.1) is 16.0 Å². The normalized spacial score (nSPS) is 23.1. The number of piperazine rings is 1. The van der Waals surface area contributed by atoms with Crippen LogP contribution in [0.4, 0.5) is 0 Å². The van der Waals surface area contributed by atoms with Crippen LogP contribution >= 0.6 is 11.3 Å². The molecule has 0 radical (unpaired) electrons. The zero-order chi connectivity index (χ0) is 16.1. The zero-order valence-corrected chi connectivity index (χ0v) is 14.1. The number of nitrogens with zero attached hydrogens (tertiary/aromatic N) is 3. The van der Waals surface area contributed by atoms with Crippen LogP contribution in [0.5, 0.6) is 0 Å². The van der Waals surface area contributed by atoms with E-state index < -0.39 is 0 Å². The molecule has 2 bridgehead atoms. The van der Waals surface area contributed by atoms with Gasteiger partial charge in [-0.2, -0.15) is 0 Å². The molecule has 4 heterocycles. The number of fused-ring (bicyclic) bond motifs is 3. The first-order valence-corrected chi connectivity index (χ1v) is 9.23. The zero-order valence-electron chi connectivity index (χ0n) is 13.2. The van der Waals surface area contributed by atoms with Crippen molar-refractivity contribution in [1.82, 2.24) is 19.8 Å². The van der Waals surface area contributed by atoms with Crippen LogP contribution in [-0.2, 0) is 0 Å². The van der Waals surface area contributed by atoms with Crippen LogP contribution in [-0.4, -0.2) is 57.9 Å². The van der Waals surface area contributed by atoms with Crippen molar-refractivity contribution in [3.63, 3.8) is 0 Å². The molecule has 2 aromatic heterocycles. The highest BCUT2D eigenvalue weighted by Crippen LogP contribution is 2.28. The Morgan fingerprint density at radius 2 is 2.17 bits per heavy atom. The molecule has 2 aliphatic rings. The first-order valence-electron chi connectivity index (χ1n) is 8.35. The van der Waals surface area contributed by atoms with Gasteiger partial charge < -0.3 is 9.88 Å². The average molecular weight is 338 g/mol. The molecule has 122 valence electrons. The molecule has 2 unspecified atom stereocenters. The lowest BCUT2D eigenvalue weighted by molar-refractivity contribution is 0.0611. The Kier molecular flexibility index (Phi) is 3.21. The molecule has 1 aromatic carbocycles. The summed E-state index contributed by atoms with van der Waals surface area (Å²) in [5.41, 5.74) is 2.42. The number of hydrogen-bond acceptors (Lipinski definition) is 4. The van der Waals surface area contributed by atoms with Crippen molar-refractivity contribution in [2.24, 2.45) is 0 Å². The monoisotopic (exact) mass is 338 g/mol. The van der Waals surface area contributed by atoms with Gasteiger partial charge >= 0.3 is 0 Å². The summed E-state index contributed by atoms with van der Waals surface area (Å²) in [6, 6.07) is 10.3. The molecule has 24 heavy (non-hydrogen) atoms. The van der Waals surface area contributed by atoms with Gasteiger partial charge in [-0.25, -0.2) is 4.98 Å². The minimum Gasteiger partial charge on any atom is -0.337 e. The van der Waals surface area contributed by atoms with Crippen molar-refractivity contribution < 1.29 is 4.79 Å². The second-order valence-electron chi connectivity index (χ2n) is 6.51. The number of aromatic amines is 1. The van der Waals surface area contributed by atoms with Crippen LogP contribution in [0, 0.1) is 0 Å². The van der Waals surface area contributed by atoms with E-state index in [0.717, 1.165) is 54.3 Å². The minimum absolute atomic E-state index is 0.122. The lowest BCUT2D eigenvalue weighted by Gasteiger charge is -2.34. The average Bonchev–Trinajstić information content (AvgIpc) is 3.33. The largest absolute Gasteiger partial charge is 0.337 e. The van der Waals surface area contributed by atoms with Crippen LogP contribution in [0.15, 0.2) is 35.7 Å². The standard InChI is InChI=1S/C18H18N4OS/c23-18(22-9-8-21-7-6-12(22)11-21)13-3-1-4-14-16(13)20-17(19-14)15-5-2-10-24-15/h1-5,10,12H,6-9,11H2,(H,19,20). The molecule has 1 N–H and O–H groups in total. The number of rotatable bonds is 2. The molecule has 2 fully saturated rings. The fourth-order valence-corrected chi connectivity index (χ4v) is 4.53. The van der Waals surface area contributed by atoms with Gasteiger partial charge in [-0.3, -0.25) is 9.69 Å². The van der Waals surface area contributed by atoms with Crippen molar-refractivity contribution in [2.45, 2.75) is 12.5 Å². The number of aromatic nitrogens is 2. The van der Waals surface area contributed by atoms with Crippen LogP contribution in [0.1, 0.15) is 16.8 Å². The summed E-state index contributed by atoms with van der Waals surface area (Å²) in [7, 11) is 0. The van der Waals surface area contributed by atoms with E-state index in [4.69, 9.17) is 4.98 Å². The minimum atomic E-state index is 0.122. The van der Waals surface area contributed by atoms with E-state index in [1.807, 2.05) is 35.7 Å². The van der Waals surface area contributed by atoms with Crippen molar-refractivity contribution in [3.05, 3.63) is 41.3 Å². The molecule has 0 aliphatic carbocycles. The van der Waals surface area contributed by atoms with Crippen LogP contribution in [0.2, 0.25) is 0 Å². The predicted molar refractivity (Wildman–Crippen MR) is 95.3 cm³/mol. The lowest BCUT2D eigenvalue weighted by Crippen LogP contribution is -2.49. The number of hydrogen-bond donors (Lipinski definition) is 1. The number of thiophene rings is 1. The van der Waals surface area contributed by atoms with Gasteiger partial charge in [0.15, 0.2) is 0 Å². The quantitative estimate of drug-likeness (QED) is 0.782. The van der Waals surface area contributed by atoms with Crippen molar-refractivity contribution in [2.75, 3.05) is 26.2 Å². The highest BCUT2D eigenvalue weighted by Gasteiger charge is 2.36. The summed E-state index contributed by atoms with van der Waals surface area (Å²) in [6.07, 6.45) is 1.09. The van der Waals surface area contributed by atoms with Gasteiger partial charge in [-0.05, 0) is 30.0 Å². The Morgan fingerprint density at radius 3 is 3.04 bits per heavy atom. The molecule has 2 atom stereocenters. The molecular formula is C18H18N4OS. The van der Waals surface area contributed by atoms with E-state index in [1.54, 1.807) is 11.3 Å². The first-order chi connectivity index (χ1) is 11.8. The Balaban J connectivity index is 1.55. The third-order valence-electron chi connectivity index (χ3n) is 5.10. The second kappa shape index (κ2) is 5.43. The number of benzene rings is 1. The van der Waals surface area contributed by atoms with E-state index >= 15 is 0 Å². The first kappa shape index (κ1) is 14.2. The van der Waals surface area contributed by atoms with Gasteiger partial charge in [0.2, 0.25) is 0 Å². The molecule has 6 heteroatoms. The third kappa shape index (κ3) is 2.17. The van der Waals surface area contributed by atoms with Crippen LogP contribution in [0.25, 0.3) is 21.7 Å². The highest BCUT2D eigenvalue weighted by molar-refractivity contribution is 7.13. The van der Waals surface area contributed by atoms with E-state index in [9.17, 15) is 4.79 Å². The number of H-pyrrole nitrogens is 1. The molecule has 5 rings (SSSR count). The number of amides is 1. The van der Waals surface area contributed by atoms with Crippen LogP contribution < -0.4 is 0 Å². The topological polar surface area (TPSA) is 52.2 Å². The summed E-state index contributed by atoms with van der Waals surface area (Å²) < 4.78 is 0. The summed E-state index contributed by atoms with van der Waals surface area (Å²) in [6.45, 7) is 3.94. The van der Waals surface area contributed by atoms with Crippen molar-refractivity contribution in [3.8, 4) is 10.7 Å². The third-order valence-corrected chi connectivity index (χ3v) is 5.98. The summed E-state index contributed by atoms with van der Waals surface area (Å²) in [5.74, 6) is 0.960. The lowest BCUT2D eigenvalue weighted by atomic mass is 10.1. The van der Waals surface area contributed by atoms with Crippen molar-refractivity contribution >= 4 is 28.3 Å². The SMILES string of the molecule is O=C(c1cccc2[nH]c(-c3cccs3)nc12)N1CCN2CCC1C2. The maximum atomic E-state index is 13.2. The molecule has 0 saturated carbocycles. The van der Waals surface area contributed by atoms with E-state index in [0.29, 0.717) is 11.6 Å². The van der Waals surface area contributed by atoms with Gasteiger partial charge in [-0.15, -0.1) is 11.3 Å². The summed E-state index contributed by atoms with van der Waals surface area (Å²) in [5, 5.41) is 2.04. The number of imidazole rings is 1. The Labute approximate surface area is 143 Å². The Hall–Kier alpha value is -2.18. The molecule has 3 aromatic rings. The van der Waals surface area contributed by atoms with E-state index in [2.05, 4.69) is 14.8 Å². The molecular weight excluding hydrogens is 320 g/mol. The molecule has 2 saturated heterocycles. The predicted octanol–water partition coefficient (Wildman–Crippen LogP) is 2.82. The molecule has 0 spiro atoms. The number of carbonyl (C=O) groups is 1. The maximum absolute atomic E-state index is 13.2. The van der Waals surface area contributed by atoms with E-state index in [1.165, 1.54) is 0 Å². The van der Waals surface area contributed by atoms with Crippen molar-refractivity contribution in [1.29, 1.82) is 0 Å². The number of nitrogens with one attached hydrogen (secondary N) is 1. The second-order valence-corrected chi connectivity index (χ2v) is 7.45. The van der Waals surface area contributed by atoms with Gasteiger partial charge in [0, 0.05) is 32.2 Å². The van der Waals surface area contributed by atoms with Gasteiger partial charge in [-0.1, -0.05) is 12.1 Å². The smallest absolute Gasteiger partial charge is 0.256 e. The maximum Gasteiger partial charge on any atom is 0.256 e. The van der Waals surface area contributed by atoms with Crippen LogP contribution in [0.3, 0.4) is 0 Å². The fourth-order valence-electron chi connectivity index (χ4n) is 3.86. The van der Waals surface area contributed by atoms with E-state index in [-0.39, 0.29) is 5.91 Å². The Bertz CT molecular complexity index is 901. The van der Waals surface area contributed by atoms with Gasteiger partial charge in [0.25, 0.3) is 5.91 Å². The highest BCUT2D eigenvalue weighted by atomic mass is 32.1. The molecule has 1 amide bonds. The number of carbonyl (C=O) groups excluding carboxylic acids is 1. The number of para-hydroxylation sites is 1. The van der Waals surface area contributed by atoms with Gasteiger partial charge in [0.1, 0.15) is 11.3 Å². The Morgan fingerprint density at radius 1 is 1.21 bits per heavy atom. The summed E-state index contributed by atoms with van der Waals surface area (Å²) >= 11 is 1.65.